The highest BCUT2D eigenvalue weighted by Crippen LogP contribution is 2.22. The molecule has 0 heterocycles. The normalized spacial score (nSPS) is 13.5. The largest absolute Gasteiger partial charge is 0.497 e. The number of hydrogen-bond acceptors (Lipinski definition) is 3. The van der Waals surface area contributed by atoms with E-state index in [2.05, 4.69) is 40.3 Å². The number of ether oxygens (including phenoxy) is 1. The van der Waals surface area contributed by atoms with Crippen LogP contribution in [0.1, 0.15) is 12.5 Å². The molecule has 0 fully saturated rings. The fourth-order valence-electron chi connectivity index (χ4n) is 2.24. The Hall–Kier alpha value is -1.52. The van der Waals surface area contributed by atoms with Gasteiger partial charge in [-0.3, -0.25) is 0 Å². The maximum absolute atomic E-state index is 5.99. The molecule has 3 nitrogen and oxygen atoms in total. The zero-order valence-corrected chi connectivity index (χ0v) is 14.0. The number of methoxy groups -OCH3 is 1. The first-order valence-electron chi connectivity index (χ1n) is 6.91. The average molecular weight is 349 g/mol. The van der Waals surface area contributed by atoms with Crippen LogP contribution in [0.25, 0.3) is 0 Å². The van der Waals surface area contributed by atoms with E-state index >= 15 is 0 Å². The van der Waals surface area contributed by atoms with Gasteiger partial charge in [-0.15, -0.1) is 0 Å². The summed E-state index contributed by atoms with van der Waals surface area (Å²) in [5.74, 6) is 0.870. The van der Waals surface area contributed by atoms with Gasteiger partial charge in [-0.2, -0.15) is 0 Å². The molecule has 1 unspecified atom stereocenters. The van der Waals surface area contributed by atoms with Crippen molar-refractivity contribution in [1.82, 2.24) is 0 Å². The van der Waals surface area contributed by atoms with E-state index in [0.29, 0.717) is 6.54 Å². The SMILES string of the molecule is COc1ccc(CC(C)(CN)Nc2ccc(Br)cc2)cc1. The molecule has 1 atom stereocenters. The molecule has 0 spiro atoms. The van der Waals surface area contributed by atoms with Crippen molar-refractivity contribution in [2.24, 2.45) is 5.73 Å². The Morgan fingerprint density at radius 2 is 1.71 bits per heavy atom. The van der Waals surface area contributed by atoms with E-state index in [1.807, 2.05) is 36.4 Å². The Morgan fingerprint density at radius 1 is 1.10 bits per heavy atom. The quantitative estimate of drug-likeness (QED) is 0.833. The van der Waals surface area contributed by atoms with E-state index in [9.17, 15) is 0 Å². The monoisotopic (exact) mass is 348 g/mol. The van der Waals surface area contributed by atoms with Crippen molar-refractivity contribution in [3.05, 3.63) is 58.6 Å². The summed E-state index contributed by atoms with van der Waals surface area (Å²) < 4.78 is 6.25. The summed E-state index contributed by atoms with van der Waals surface area (Å²) in [6.45, 7) is 2.69. The predicted octanol–water partition coefficient (Wildman–Crippen LogP) is 3.83. The molecule has 2 aromatic carbocycles. The lowest BCUT2D eigenvalue weighted by Gasteiger charge is -2.31. The lowest BCUT2D eigenvalue weighted by Crippen LogP contribution is -2.44. The Labute approximate surface area is 134 Å². The number of benzene rings is 2. The maximum Gasteiger partial charge on any atom is 0.118 e. The molecule has 21 heavy (non-hydrogen) atoms. The molecule has 0 saturated carbocycles. The highest BCUT2D eigenvalue weighted by molar-refractivity contribution is 9.10. The van der Waals surface area contributed by atoms with E-state index < -0.39 is 0 Å². The van der Waals surface area contributed by atoms with Crippen molar-refractivity contribution in [2.75, 3.05) is 19.0 Å². The molecule has 0 aliphatic heterocycles. The van der Waals surface area contributed by atoms with Gasteiger partial charge in [0.25, 0.3) is 0 Å². The van der Waals surface area contributed by atoms with Crippen LogP contribution in [0.3, 0.4) is 0 Å². The van der Waals surface area contributed by atoms with Gasteiger partial charge in [-0.05, 0) is 55.3 Å². The predicted molar refractivity (Wildman–Crippen MR) is 91.9 cm³/mol. The lowest BCUT2D eigenvalue weighted by atomic mass is 9.92. The number of hydrogen-bond donors (Lipinski definition) is 2. The topological polar surface area (TPSA) is 47.3 Å². The van der Waals surface area contributed by atoms with Gasteiger partial charge in [0.15, 0.2) is 0 Å². The Kier molecular flexibility index (Phi) is 5.26. The van der Waals surface area contributed by atoms with Gasteiger partial charge in [0.2, 0.25) is 0 Å². The second-order valence-corrected chi connectivity index (χ2v) is 6.34. The molecule has 4 heteroatoms. The van der Waals surface area contributed by atoms with Crippen molar-refractivity contribution in [1.29, 1.82) is 0 Å². The molecule has 2 aromatic rings. The van der Waals surface area contributed by atoms with Crippen LogP contribution >= 0.6 is 15.9 Å². The van der Waals surface area contributed by atoms with Crippen LogP contribution in [0.5, 0.6) is 5.75 Å². The second-order valence-electron chi connectivity index (χ2n) is 5.42. The van der Waals surface area contributed by atoms with Crippen LogP contribution < -0.4 is 15.8 Å². The number of rotatable bonds is 6. The minimum absolute atomic E-state index is 0.192. The van der Waals surface area contributed by atoms with Crippen molar-refractivity contribution < 1.29 is 4.74 Å². The molecule has 3 N–H and O–H groups in total. The lowest BCUT2D eigenvalue weighted by molar-refractivity contribution is 0.414. The van der Waals surface area contributed by atoms with Gasteiger partial charge in [0, 0.05) is 16.7 Å². The fraction of sp³-hybridized carbons (Fsp3) is 0.294. The molecule has 0 aliphatic carbocycles. The smallest absolute Gasteiger partial charge is 0.118 e. The first-order valence-corrected chi connectivity index (χ1v) is 7.71. The summed E-state index contributed by atoms with van der Waals surface area (Å²) in [5.41, 5.74) is 8.10. The average Bonchev–Trinajstić information content (AvgIpc) is 2.50. The van der Waals surface area contributed by atoms with Crippen LogP contribution in [-0.2, 0) is 6.42 Å². The molecule has 0 aliphatic rings. The van der Waals surface area contributed by atoms with Crippen molar-refractivity contribution in [3.63, 3.8) is 0 Å². The minimum Gasteiger partial charge on any atom is -0.497 e. The molecule has 2 rings (SSSR count). The van der Waals surface area contributed by atoms with Crippen molar-refractivity contribution in [2.45, 2.75) is 18.9 Å². The van der Waals surface area contributed by atoms with E-state index in [0.717, 1.165) is 22.3 Å². The number of anilines is 1. The first-order chi connectivity index (χ1) is 10.0. The molecular formula is C17H21BrN2O. The summed E-state index contributed by atoms with van der Waals surface area (Å²) in [4.78, 5) is 0. The van der Waals surface area contributed by atoms with Crippen LogP contribution in [0.4, 0.5) is 5.69 Å². The molecule has 0 aromatic heterocycles. The van der Waals surface area contributed by atoms with Crippen molar-refractivity contribution in [3.8, 4) is 5.75 Å². The molecular weight excluding hydrogens is 328 g/mol. The van der Waals surface area contributed by atoms with Crippen LogP contribution in [0, 0.1) is 0 Å². The Balaban J connectivity index is 2.10. The summed E-state index contributed by atoms with van der Waals surface area (Å²) in [6, 6.07) is 16.3. The van der Waals surface area contributed by atoms with Crippen LogP contribution in [0.15, 0.2) is 53.0 Å². The fourth-order valence-corrected chi connectivity index (χ4v) is 2.51. The number of nitrogens with two attached hydrogens (primary N) is 1. The zero-order valence-electron chi connectivity index (χ0n) is 12.4. The zero-order chi connectivity index (χ0) is 15.3. The standard InChI is InChI=1S/C17H21BrN2O/c1-17(12-19,20-15-7-5-14(18)6-8-15)11-13-3-9-16(21-2)10-4-13/h3-10,20H,11-12,19H2,1-2H3. The third-order valence-electron chi connectivity index (χ3n) is 3.49. The molecule has 0 bridgehead atoms. The van der Waals surface area contributed by atoms with Gasteiger partial charge < -0.3 is 15.8 Å². The van der Waals surface area contributed by atoms with E-state index in [-0.39, 0.29) is 5.54 Å². The third-order valence-corrected chi connectivity index (χ3v) is 4.02. The number of nitrogens with one attached hydrogen (secondary N) is 1. The van der Waals surface area contributed by atoms with Crippen LogP contribution in [-0.4, -0.2) is 19.2 Å². The second kappa shape index (κ2) is 6.96. The van der Waals surface area contributed by atoms with E-state index in [4.69, 9.17) is 10.5 Å². The van der Waals surface area contributed by atoms with Gasteiger partial charge >= 0.3 is 0 Å². The molecule has 0 amide bonds. The Morgan fingerprint density at radius 3 is 2.24 bits per heavy atom. The Bertz CT molecular complexity index is 568. The molecule has 0 saturated heterocycles. The third kappa shape index (κ3) is 4.48. The molecule has 112 valence electrons. The first kappa shape index (κ1) is 15.9. The van der Waals surface area contributed by atoms with Crippen LogP contribution in [0.2, 0.25) is 0 Å². The van der Waals surface area contributed by atoms with Gasteiger partial charge in [0.1, 0.15) is 5.75 Å². The van der Waals surface area contributed by atoms with Crippen molar-refractivity contribution >= 4 is 21.6 Å². The molecule has 0 radical (unpaired) electrons. The van der Waals surface area contributed by atoms with Gasteiger partial charge in [-0.25, -0.2) is 0 Å². The van der Waals surface area contributed by atoms with Gasteiger partial charge in [-0.1, -0.05) is 28.1 Å². The van der Waals surface area contributed by atoms with E-state index in [1.54, 1.807) is 7.11 Å². The van der Waals surface area contributed by atoms with Gasteiger partial charge in [0.05, 0.1) is 12.6 Å². The summed E-state index contributed by atoms with van der Waals surface area (Å²) >= 11 is 3.45. The van der Waals surface area contributed by atoms with E-state index in [1.165, 1.54) is 5.56 Å². The highest BCUT2D eigenvalue weighted by atomic mass is 79.9. The maximum atomic E-state index is 5.99. The highest BCUT2D eigenvalue weighted by Gasteiger charge is 2.22. The summed E-state index contributed by atoms with van der Waals surface area (Å²) in [6.07, 6.45) is 0.851. The number of halogens is 1. The summed E-state index contributed by atoms with van der Waals surface area (Å²) in [7, 11) is 1.67. The minimum atomic E-state index is -0.192. The summed E-state index contributed by atoms with van der Waals surface area (Å²) in [5, 5.41) is 3.53.